The molecule has 0 atom stereocenters. The van der Waals surface area contributed by atoms with Gasteiger partial charge in [0.15, 0.2) is 0 Å². The monoisotopic (exact) mass is 418 g/mol. The van der Waals surface area contributed by atoms with Crippen molar-refractivity contribution in [3.05, 3.63) is 81.1 Å². The summed E-state index contributed by atoms with van der Waals surface area (Å²) in [6, 6.07) is 13.7. The van der Waals surface area contributed by atoms with Gasteiger partial charge < -0.3 is 20.8 Å². The van der Waals surface area contributed by atoms with Gasteiger partial charge in [-0.25, -0.2) is 9.59 Å². The molecule has 0 unspecified atom stereocenters. The Morgan fingerprint density at radius 1 is 0.714 bits per heavy atom. The van der Waals surface area contributed by atoms with Crippen molar-refractivity contribution in [2.75, 3.05) is 10.6 Å². The number of halogens is 2. The van der Waals surface area contributed by atoms with Crippen LogP contribution in [-0.4, -0.2) is 22.2 Å². The average molecular weight is 419 g/mol. The molecule has 0 saturated heterocycles. The van der Waals surface area contributed by atoms with E-state index in [1.165, 1.54) is 0 Å². The van der Waals surface area contributed by atoms with E-state index in [4.69, 9.17) is 23.2 Å². The molecule has 2 aromatic rings. The highest BCUT2D eigenvalue weighted by Gasteiger charge is 2.29. The second-order valence-corrected chi connectivity index (χ2v) is 6.90. The van der Waals surface area contributed by atoms with E-state index >= 15 is 0 Å². The van der Waals surface area contributed by atoms with Crippen LogP contribution in [0.15, 0.2) is 71.1 Å². The first-order valence-electron chi connectivity index (χ1n) is 8.30. The molecule has 28 heavy (non-hydrogen) atoms. The Balaban J connectivity index is 1.97. The Morgan fingerprint density at radius 2 is 1.07 bits per heavy atom. The van der Waals surface area contributed by atoms with Crippen molar-refractivity contribution < 1.29 is 19.8 Å². The summed E-state index contributed by atoms with van der Waals surface area (Å²) < 4.78 is 0. The summed E-state index contributed by atoms with van der Waals surface area (Å²) in [5.41, 5.74) is 1.68. The third kappa shape index (κ3) is 4.30. The van der Waals surface area contributed by atoms with Crippen molar-refractivity contribution in [2.24, 2.45) is 0 Å². The maximum Gasteiger partial charge on any atom is 0.333 e. The Morgan fingerprint density at radius 3 is 1.39 bits per heavy atom. The fraction of sp³-hybridized carbons (Fsp3) is 0.100. The lowest BCUT2D eigenvalue weighted by atomic mass is 9.92. The predicted octanol–water partition coefficient (Wildman–Crippen LogP) is 4.99. The van der Waals surface area contributed by atoms with Gasteiger partial charge in [-0.15, -0.1) is 0 Å². The van der Waals surface area contributed by atoms with Crippen LogP contribution in [0.5, 0.6) is 0 Å². The number of allylic oxidation sites excluding steroid dienone is 2. The maximum atomic E-state index is 11.8. The number of aliphatic carboxylic acids is 2. The van der Waals surface area contributed by atoms with Crippen LogP contribution < -0.4 is 10.6 Å². The molecule has 1 aliphatic carbocycles. The van der Waals surface area contributed by atoms with E-state index in [2.05, 4.69) is 10.6 Å². The number of hydrogen-bond acceptors (Lipinski definition) is 4. The largest absolute Gasteiger partial charge is 0.478 e. The van der Waals surface area contributed by atoms with Crippen LogP contribution in [0.4, 0.5) is 11.4 Å². The molecule has 0 heterocycles. The second-order valence-electron chi connectivity index (χ2n) is 6.09. The van der Waals surface area contributed by atoms with Crippen molar-refractivity contribution in [2.45, 2.75) is 12.8 Å². The molecule has 0 amide bonds. The summed E-state index contributed by atoms with van der Waals surface area (Å²) in [4.78, 5) is 23.7. The molecule has 0 radical (unpaired) electrons. The molecular weight excluding hydrogens is 403 g/mol. The maximum absolute atomic E-state index is 11.8. The molecule has 0 spiro atoms. The van der Waals surface area contributed by atoms with Crippen LogP contribution in [-0.2, 0) is 9.59 Å². The van der Waals surface area contributed by atoms with Crippen molar-refractivity contribution in [3.8, 4) is 0 Å². The molecule has 0 saturated carbocycles. The third-order valence-corrected chi connectivity index (χ3v) is 4.93. The predicted molar refractivity (Wildman–Crippen MR) is 109 cm³/mol. The van der Waals surface area contributed by atoms with Crippen molar-refractivity contribution >= 4 is 46.5 Å². The number of carboxylic acid groups (broad SMARTS) is 2. The molecule has 0 fully saturated rings. The van der Waals surface area contributed by atoms with Crippen LogP contribution in [0.1, 0.15) is 12.8 Å². The zero-order chi connectivity index (χ0) is 20.3. The van der Waals surface area contributed by atoms with Gasteiger partial charge in [-0.2, -0.15) is 0 Å². The molecular formula is C20H16Cl2N2O4. The Hall–Kier alpha value is -2.96. The van der Waals surface area contributed by atoms with Gasteiger partial charge in [0.2, 0.25) is 0 Å². The molecule has 4 N–H and O–H groups in total. The van der Waals surface area contributed by atoms with Crippen LogP contribution in [0, 0.1) is 0 Å². The molecule has 1 aliphatic rings. The topological polar surface area (TPSA) is 98.7 Å². The van der Waals surface area contributed by atoms with Crippen molar-refractivity contribution in [1.29, 1.82) is 0 Å². The van der Waals surface area contributed by atoms with E-state index in [0.29, 0.717) is 21.4 Å². The highest BCUT2D eigenvalue weighted by atomic mass is 35.5. The molecule has 144 valence electrons. The van der Waals surface area contributed by atoms with Crippen molar-refractivity contribution in [3.63, 3.8) is 0 Å². The second kappa shape index (κ2) is 8.37. The zero-order valence-electron chi connectivity index (χ0n) is 14.5. The lowest BCUT2D eigenvalue weighted by Crippen LogP contribution is -2.23. The van der Waals surface area contributed by atoms with Gasteiger partial charge in [0.1, 0.15) is 0 Å². The van der Waals surface area contributed by atoms with Crippen LogP contribution in [0.3, 0.4) is 0 Å². The normalized spacial score (nSPS) is 14.1. The molecule has 0 bridgehead atoms. The standard InChI is InChI=1S/C20H16Cl2N2O4/c21-13-5-1-3-7-15(13)23-17-9-12(20(27)28)18(10-11(17)19(25)26)24-16-8-4-2-6-14(16)22/h1-8,23-24H,9-10H2,(H,25,26)(H,27,28). The molecule has 0 aliphatic heterocycles. The number of para-hydroxylation sites is 2. The van der Waals surface area contributed by atoms with Crippen LogP contribution in [0.2, 0.25) is 10.0 Å². The number of carbonyl (C=O) groups is 2. The Bertz CT molecular complexity index is 933. The average Bonchev–Trinajstić information content (AvgIpc) is 2.65. The SMILES string of the molecule is O=C(O)C1=C(Nc2ccccc2Cl)CC(C(=O)O)=C(Nc2ccccc2Cl)C1. The molecule has 3 rings (SSSR count). The Labute approximate surface area is 171 Å². The first-order chi connectivity index (χ1) is 13.4. The van der Waals surface area contributed by atoms with E-state index in [0.717, 1.165) is 0 Å². The summed E-state index contributed by atoms with van der Waals surface area (Å²) in [5, 5.41) is 26.1. The summed E-state index contributed by atoms with van der Waals surface area (Å²) >= 11 is 12.3. The smallest absolute Gasteiger partial charge is 0.333 e. The quantitative estimate of drug-likeness (QED) is 0.527. The van der Waals surface area contributed by atoms with Gasteiger partial charge in [-0.1, -0.05) is 47.5 Å². The van der Waals surface area contributed by atoms with Gasteiger partial charge in [0.25, 0.3) is 0 Å². The molecule has 0 aromatic heterocycles. The van der Waals surface area contributed by atoms with Crippen LogP contribution >= 0.6 is 23.2 Å². The van der Waals surface area contributed by atoms with Crippen molar-refractivity contribution in [1.82, 2.24) is 0 Å². The lowest BCUT2D eigenvalue weighted by Gasteiger charge is -2.25. The fourth-order valence-corrected chi connectivity index (χ4v) is 3.25. The van der Waals surface area contributed by atoms with Gasteiger partial charge >= 0.3 is 11.9 Å². The number of anilines is 2. The third-order valence-electron chi connectivity index (χ3n) is 4.27. The van der Waals surface area contributed by atoms with E-state index in [1.807, 2.05) is 0 Å². The number of hydrogen-bond donors (Lipinski definition) is 4. The first kappa shape index (κ1) is 19.8. The first-order valence-corrected chi connectivity index (χ1v) is 9.06. The minimum Gasteiger partial charge on any atom is -0.478 e. The minimum atomic E-state index is -1.14. The fourth-order valence-electron chi connectivity index (χ4n) is 2.88. The summed E-state index contributed by atoms with van der Waals surface area (Å²) in [5.74, 6) is -2.28. The molecule has 8 heteroatoms. The summed E-state index contributed by atoms with van der Waals surface area (Å²) in [6.07, 6.45) is -0.204. The Kier molecular flexibility index (Phi) is 5.92. The van der Waals surface area contributed by atoms with E-state index < -0.39 is 11.9 Å². The zero-order valence-corrected chi connectivity index (χ0v) is 16.0. The minimum absolute atomic E-state index is 0.0551. The number of rotatable bonds is 6. The van der Waals surface area contributed by atoms with E-state index in [1.54, 1.807) is 48.5 Å². The highest BCUT2D eigenvalue weighted by Crippen LogP contribution is 2.34. The highest BCUT2D eigenvalue weighted by molar-refractivity contribution is 6.33. The van der Waals surface area contributed by atoms with E-state index in [9.17, 15) is 19.8 Å². The number of carboxylic acids is 2. The summed E-state index contributed by atoms with van der Waals surface area (Å²) in [7, 11) is 0. The molecule has 2 aromatic carbocycles. The molecule has 6 nitrogen and oxygen atoms in total. The van der Waals surface area contributed by atoms with Crippen LogP contribution in [0.25, 0.3) is 0 Å². The van der Waals surface area contributed by atoms with Gasteiger partial charge in [0.05, 0.1) is 32.6 Å². The van der Waals surface area contributed by atoms with Gasteiger partial charge in [0, 0.05) is 24.2 Å². The van der Waals surface area contributed by atoms with Gasteiger partial charge in [-0.3, -0.25) is 0 Å². The summed E-state index contributed by atoms with van der Waals surface area (Å²) in [6.45, 7) is 0. The number of nitrogens with one attached hydrogen (secondary N) is 2. The lowest BCUT2D eigenvalue weighted by molar-refractivity contribution is -0.134. The number of benzene rings is 2. The van der Waals surface area contributed by atoms with E-state index in [-0.39, 0.29) is 35.4 Å². The van der Waals surface area contributed by atoms with Gasteiger partial charge in [-0.05, 0) is 24.3 Å².